The van der Waals surface area contributed by atoms with Crippen LogP contribution in [0.3, 0.4) is 0 Å². The lowest BCUT2D eigenvalue weighted by molar-refractivity contribution is 0.0698. The zero-order valence-corrected chi connectivity index (χ0v) is 10.7. The normalized spacial score (nSPS) is 10.6. The van der Waals surface area contributed by atoms with E-state index in [4.69, 9.17) is 22.4 Å². The molecule has 1 heterocycles. The lowest BCUT2D eigenvalue weighted by Crippen LogP contribution is -2.06. The number of hydrogen-bond donors (Lipinski definition) is 2. The van der Waals surface area contributed by atoms with Crippen molar-refractivity contribution in [2.24, 2.45) is 0 Å². The number of halogens is 1. The highest BCUT2D eigenvalue weighted by molar-refractivity contribution is 6.31. The van der Waals surface area contributed by atoms with Gasteiger partial charge in [-0.1, -0.05) is 11.6 Å². The van der Waals surface area contributed by atoms with Crippen LogP contribution in [0.4, 0.5) is 5.69 Å². The predicted molar refractivity (Wildman–Crippen MR) is 69.4 cm³/mol. The third kappa shape index (κ3) is 1.93. The molecule has 0 saturated carbocycles. The van der Waals surface area contributed by atoms with E-state index in [1.54, 1.807) is 23.7 Å². The summed E-state index contributed by atoms with van der Waals surface area (Å²) in [5.74, 6) is -1.07. The van der Waals surface area contributed by atoms with Crippen LogP contribution in [0.15, 0.2) is 18.2 Å². The van der Waals surface area contributed by atoms with Crippen LogP contribution in [-0.4, -0.2) is 20.9 Å². The molecular weight excluding hydrogens is 254 g/mol. The highest BCUT2D eigenvalue weighted by Crippen LogP contribution is 2.24. The largest absolute Gasteiger partial charge is 0.478 e. The molecule has 0 spiro atoms. The van der Waals surface area contributed by atoms with Gasteiger partial charge in [-0.2, -0.15) is 5.10 Å². The Morgan fingerprint density at radius 2 is 2.11 bits per heavy atom. The highest BCUT2D eigenvalue weighted by Gasteiger charge is 2.14. The molecule has 0 aliphatic heterocycles. The summed E-state index contributed by atoms with van der Waals surface area (Å²) in [6.45, 7) is 3.61. The summed E-state index contributed by atoms with van der Waals surface area (Å²) >= 11 is 6.06. The zero-order valence-electron chi connectivity index (χ0n) is 9.94. The molecule has 0 bridgehead atoms. The van der Waals surface area contributed by atoms with Gasteiger partial charge in [0.1, 0.15) is 0 Å². The Hall–Kier alpha value is -2.01. The molecule has 3 N–H and O–H groups in total. The summed E-state index contributed by atoms with van der Waals surface area (Å²) < 4.78 is 1.60. The van der Waals surface area contributed by atoms with E-state index in [0.717, 1.165) is 5.69 Å². The first-order chi connectivity index (χ1) is 8.41. The van der Waals surface area contributed by atoms with Gasteiger partial charge in [0.2, 0.25) is 0 Å². The third-order valence-corrected chi connectivity index (χ3v) is 3.26. The topological polar surface area (TPSA) is 81.1 Å². The molecule has 0 fully saturated rings. The molecule has 0 aliphatic rings. The second kappa shape index (κ2) is 4.34. The number of nitrogen functional groups attached to an aromatic ring is 1. The summed E-state index contributed by atoms with van der Waals surface area (Å²) in [7, 11) is 0. The van der Waals surface area contributed by atoms with Gasteiger partial charge in [0.15, 0.2) is 0 Å². The van der Waals surface area contributed by atoms with Crippen molar-refractivity contribution in [3.8, 4) is 5.69 Å². The van der Waals surface area contributed by atoms with E-state index >= 15 is 0 Å². The SMILES string of the molecule is Cc1nn(-c2ccc(N)c(C(=O)O)c2)c(C)c1Cl. The third-order valence-electron chi connectivity index (χ3n) is 2.71. The van der Waals surface area contributed by atoms with E-state index in [2.05, 4.69) is 5.10 Å². The van der Waals surface area contributed by atoms with Crippen LogP contribution < -0.4 is 5.73 Å². The van der Waals surface area contributed by atoms with Crippen molar-refractivity contribution in [3.63, 3.8) is 0 Å². The summed E-state index contributed by atoms with van der Waals surface area (Å²) in [4.78, 5) is 11.0. The van der Waals surface area contributed by atoms with Gasteiger partial charge in [-0.25, -0.2) is 9.48 Å². The molecule has 94 valence electrons. The van der Waals surface area contributed by atoms with Gasteiger partial charge in [-0.05, 0) is 32.0 Å². The number of hydrogen-bond acceptors (Lipinski definition) is 3. The van der Waals surface area contributed by atoms with E-state index in [1.807, 2.05) is 6.92 Å². The van der Waals surface area contributed by atoms with Crippen LogP contribution >= 0.6 is 11.6 Å². The molecule has 1 aromatic heterocycles. The number of anilines is 1. The number of benzene rings is 1. The van der Waals surface area contributed by atoms with Gasteiger partial charge < -0.3 is 10.8 Å². The summed E-state index contributed by atoms with van der Waals surface area (Å²) in [5, 5.41) is 13.9. The van der Waals surface area contributed by atoms with Crippen molar-refractivity contribution < 1.29 is 9.90 Å². The fraction of sp³-hybridized carbons (Fsp3) is 0.167. The van der Waals surface area contributed by atoms with Crippen LogP contribution in [0.1, 0.15) is 21.7 Å². The highest BCUT2D eigenvalue weighted by atomic mass is 35.5. The average molecular weight is 266 g/mol. The molecule has 0 aliphatic carbocycles. The van der Waals surface area contributed by atoms with E-state index < -0.39 is 5.97 Å². The Morgan fingerprint density at radius 3 is 2.61 bits per heavy atom. The van der Waals surface area contributed by atoms with Gasteiger partial charge in [0.25, 0.3) is 0 Å². The Balaban J connectivity index is 2.61. The molecule has 0 saturated heterocycles. The Kier molecular flexibility index (Phi) is 3.00. The summed E-state index contributed by atoms with van der Waals surface area (Å²) in [6.07, 6.45) is 0. The molecule has 2 aromatic rings. The fourth-order valence-corrected chi connectivity index (χ4v) is 1.85. The van der Waals surface area contributed by atoms with Crippen molar-refractivity contribution in [1.29, 1.82) is 0 Å². The van der Waals surface area contributed by atoms with Crippen molar-refractivity contribution in [1.82, 2.24) is 9.78 Å². The molecule has 18 heavy (non-hydrogen) atoms. The van der Waals surface area contributed by atoms with Crippen LogP contribution in [0.25, 0.3) is 5.69 Å². The maximum absolute atomic E-state index is 11.0. The zero-order chi connectivity index (χ0) is 13.4. The van der Waals surface area contributed by atoms with Crippen molar-refractivity contribution in [2.45, 2.75) is 13.8 Å². The Bertz CT molecular complexity index is 634. The Morgan fingerprint density at radius 1 is 1.44 bits per heavy atom. The first-order valence-electron chi connectivity index (χ1n) is 5.26. The number of nitrogens with zero attached hydrogens (tertiary/aromatic N) is 2. The lowest BCUT2D eigenvalue weighted by Gasteiger charge is -2.07. The van der Waals surface area contributed by atoms with Crippen molar-refractivity contribution >= 4 is 23.3 Å². The average Bonchev–Trinajstić information content (AvgIpc) is 2.57. The molecule has 0 radical (unpaired) electrons. The van der Waals surface area contributed by atoms with Gasteiger partial charge in [0, 0.05) is 5.69 Å². The van der Waals surface area contributed by atoms with E-state index in [-0.39, 0.29) is 11.3 Å². The van der Waals surface area contributed by atoms with Crippen LogP contribution in [-0.2, 0) is 0 Å². The number of carboxylic acid groups (broad SMARTS) is 1. The van der Waals surface area contributed by atoms with Gasteiger partial charge in [-0.15, -0.1) is 0 Å². The minimum Gasteiger partial charge on any atom is -0.478 e. The molecule has 1 aromatic carbocycles. The van der Waals surface area contributed by atoms with Gasteiger partial charge in [0.05, 0.1) is 27.7 Å². The summed E-state index contributed by atoms with van der Waals surface area (Å²) in [6, 6.07) is 4.73. The predicted octanol–water partition coefficient (Wildman–Crippen LogP) is 2.42. The van der Waals surface area contributed by atoms with Crippen LogP contribution in [0.2, 0.25) is 5.02 Å². The second-order valence-corrected chi connectivity index (χ2v) is 4.35. The van der Waals surface area contributed by atoms with Crippen molar-refractivity contribution in [2.75, 3.05) is 5.73 Å². The van der Waals surface area contributed by atoms with Crippen LogP contribution in [0, 0.1) is 13.8 Å². The van der Waals surface area contributed by atoms with E-state index in [1.165, 1.54) is 6.07 Å². The van der Waals surface area contributed by atoms with E-state index in [9.17, 15) is 4.79 Å². The minimum atomic E-state index is -1.07. The second-order valence-electron chi connectivity index (χ2n) is 3.97. The molecule has 5 nitrogen and oxygen atoms in total. The maximum Gasteiger partial charge on any atom is 0.337 e. The first-order valence-corrected chi connectivity index (χ1v) is 5.64. The van der Waals surface area contributed by atoms with Crippen molar-refractivity contribution in [3.05, 3.63) is 40.2 Å². The monoisotopic (exact) mass is 265 g/mol. The molecule has 6 heteroatoms. The number of aromatic carboxylic acids is 1. The summed E-state index contributed by atoms with van der Waals surface area (Å²) in [5.41, 5.74) is 7.95. The maximum atomic E-state index is 11.0. The number of rotatable bonds is 2. The Labute approximate surface area is 109 Å². The molecule has 0 amide bonds. The van der Waals surface area contributed by atoms with Gasteiger partial charge >= 0.3 is 5.97 Å². The molecule has 0 unspecified atom stereocenters. The molecular formula is C12H12ClN3O2. The van der Waals surface area contributed by atoms with Crippen LogP contribution in [0.5, 0.6) is 0 Å². The standard InChI is InChI=1S/C12H12ClN3O2/c1-6-11(13)7(2)16(15-6)8-3-4-10(14)9(5-8)12(17)18/h3-5H,14H2,1-2H3,(H,17,18). The number of carbonyl (C=O) groups is 1. The fourth-order valence-electron chi connectivity index (χ4n) is 1.74. The number of nitrogens with two attached hydrogens (primary N) is 1. The van der Waals surface area contributed by atoms with E-state index in [0.29, 0.717) is 16.4 Å². The molecule has 2 rings (SSSR count). The molecule has 0 atom stereocenters. The first kappa shape index (κ1) is 12.4. The smallest absolute Gasteiger partial charge is 0.337 e. The number of aryl methyl sites for hydroxylation is 1. The minimum absolute atomic E-state index is 0.0520. The van der Waals surface area contributed by atoms with Gasteiger partial charge in [-0.3, -0.25) is 0 Å². The lowest BCUT2D eigenvalue weighted by atomic mass is 10.1. The number of carboxylic acids is 1. The number of aromatic nitrogens is 2. The quantitative estimate of drug-likeness (QED) is 0.817.